The van der Waals surface area contributed by atoms with Gasteiger partial charge in [0.15, 0.2) is 9.84 Å². The average molecular weight is 303 g/mol. The van der Waals surface area contributed by atoms with Gasteiger partial charge < -0.3 is 10.0 Å². The van der Waals surface area contributed by atoms with Crippen molar-refractivity contribution < 1.29 is 18.3 Å². The molecule has 2 aliphatic rings. The molecular weight excluding hydrogens is 278 g/mol. The molecule has 0 atom stereocenters. The molecule has 0 spiro atoms. The molecule has 20 heavy (non-hydrogen) atoms. The number of hydrogen-bond donors (Lipinski definition) is 1. The summed E-state index contributed by atoms with van der Waals surface area (Å²) in [6.07, 6.45) is 5.63. The highest BCUT2D eigenvalue weighted by atomic mass is 32.2. The van der Waals surface area contributed by atoms with E-state index in [9.17, 15) is 13.2 Å². The standard InChI is InChI=1S/C14H25NO4S/c16-14(17)12-4-6-13(7-5-12)20(18,19)11-10-15-8-2-1-3-9-15/h12-13H,1-11H2,(H,16,17). The highest BCUT2D eigenvalue weighted by Gasteiger charge is 2.33. The van der Waals surface area contributed by atoms with Gasteiger partial charge in [-0.1, -0.05) is 6.42 Å². The zero-order chi connectivity index (χ0) is 14.6. The van der Waals surface area contributed by atoms with Gasteiger partial charge in [-0.2, -0.15) is 0 Å². The normalized spacial score (nSPS) is 29.2. The van der Waals surface area contributed by atoms with E-state index in [-0.39, 0.29) is 16.9 Å². The lowest BCUT2D eigenvalue weighted by atomic mass is 9.89. The molecule has 2 fully saturated rings. The third-order valence-electron chi connectivity index (χ3n) is 4.67. The van der Waals surface area contributed by atoms with E-state index in [0.717, 1.165) is 13.1 Å². The molecule has 0 amide bonds. The second-order valence-electron chi connectivity index (χ2n) is 6.08. The van der Waals surface area contributed by atoms with Crippen molar-refractivity contribution in [2.24, 2.45) is 5.92 Å². The van der Waals surface area contributed by atoms with Crippen LogP contribution < -0.4 is 0 Å². The predicted molar refractivity (Wildman–Crippen MR) is 77.5 cm³/mol. The van der Waals surface area contributed by atoms with Crippen LogP contribution in [0.15, 0.2) is 0 Å². The van der Waals surface area contributed by atoms with Gasteiger partial charge in [-0.15, -0.1) is 0 Å². The highest BCUT2D eigenvalue weighted by Crippen LogP contribution is 2.29. The largest absolute Gasteiger partial charge is 0.481 e. The number of carboxylic acids is 1. The Kier molecular flexibility index (Phi) is 5.43. The van der Waals surface area contributed by atoms with E-state index < -0.39 is 15.8 Å². The number of sulfone groups is 1. The van der Waals surface area contributed by atoms with E-state index in [1.165, 1.54) is 19.3 Å². The second-order valence-corrected chi connectivity index (χ2v) is 8.48. The van der Waals surface area contributed by atoms with Crippen molar-refractivity contribution in [3.8, 4) is 0 Å². The summed E-state index contributed by atoms with van der Waals surface area (Å²) in [4.78, 5) is 13.1. The van der Waals surface area contributed by atoms with Gasteiger partial charge in [-0.3, -0.25) is 4.79 Å². The Morgan fingerprint density at radius 3 is 2.20 bits per heavy atom. The predicted octanol–water partition coefficient (Wildman–Crippen LogP) is 1.53. The molecule has 0 aromatic rings. The molecule has 0 bridgehead atoms. The zero-order valence-corrected chi connectivity index (χ0v) is 12.8. The van der Waals surface area contributed by atoms with E-state index >= 15 is 0 Å². The summed E-state index contributed by atoms with van der Waals surface area (Å²) in [5, 5.41) is 8.63. The lowest BCUT2D eigenvalue weighted by molar-refractivity contribution is -0.142. The van der Waals surface area contributed by atoms with Gasteiger partial charge >= 0.3 is 5.97 Å². The summed E-state index contributed by atoms with van der Waals surface area (Å²) in [5.41, 5.74) is 0. The molecule has 116 valence electrons. The number of carbonyl (C=O) groups is 1. The molecule has 1 aliphatic heterocycles. The third kappa shape index (κ3) is 4.19. The van der Waals surface area contributed by atoms with Crippen LogP contribution in [-0.4, -0.2) is 55.0 Å². The molecule has 1 saturated carbocycles. The molecule has 1 aliphatic carbocycles. The van der Waals surface area contributed by atoms with Gasteiger partial charge in [0.1, 0.15) is 0 Å². The Bertz CT molecular complexity index is 420. The van der Waals surface area contributed by atoms with Crippen molar-refractivity contribution in [2.75, 3.05) is 25.4 Å². The van der Waals surface area contributed by atoms with Crippen LogP contribution in [0.4, 0.5) is 0 Å². The second kappa shape index (κ2) is 6.89. The number of aliphatic carboxylic acids is 1. The molecule has 0 aromatic heterocycles. The van der Waals surface area contributed by atoms with Crippen LogP contribution in [0.5, 0.6) is 0 Å². The number of nitrogens with zero attached hydrogens (tertiary/aromatic N) is 1. The van der Waals surface area contributed by atoms with Gasteiger partial charge in [0.05, 0.1) is 16.9 Å². The number of hydrogen-bond acceptors (Lipinski definition) is 4. The minimum atomic E-state index is -3.07. The van der Waals surface area contributed by atoms with Gasteiger partial charge in [-0.25, -0.2) is 8.42 Å². The fraction of sp³-hybridized carbons (Fsp3) is 0.929. The summed E-state index contributed by atoms with van der Waals surface area (Å²) >= 11 is 0. The molecule has 6 heteroatoms. The Morgan fingerprint density at radius 1 is 1.05 bits per heavy atom. The summed E-state index contributed by atoms with van der Waals surface area (Å²) in [5.74, 6) is -0.896. The summed E-state index contributed by atoms with van der Waals surface area (Å²) < 4.78 is 24.7. The van der Waals surface area contributed by atoms with Crippen molar-refractivity contribution in [3.63, 3.8) is 0 Å². The number of piperidine rings is 1. The van der Waals surface area contributed by atoms with E-state index in [1.807, 2.05) is 0 Å². The molecular formula is C14H25NO4S. The Hall–Kier alpha value is -0.620. The van der Waals surface area contributed by atoms with E-state index in [2.05, 4.69) is 4.90 Å². The molecule has 5 nitrogen and oxygen atoms in total. The van der Waals surface area contributed by atoms with Crippen LogP contribution in [0, 0.1) is 5.92 Å². The van der Waals surface area contributed by atoms with Crippen LogP contribution in [0.3, 0.4) is 0 Å². The van der Waals surface area contributed by atoms with Gasteiger partial charge in [-0.05, 0) is 51.6 Å². The van der Waals surface area contributed by atoms with Crippen LogP contribution in [0.2, 0.25) is 0 Å². The maximum Gasteiger partial charge on any atom is 0.306 e. The van der Waals surface area contributed by atoms with Crippen molar-refractivity contribution in [1.29, 1.82) is 0 Å². The monoisotopic (exact) mass is 303 g/mol. The number of likely N-dealkylation sites (tertiary alicyclic amines) is 1. The Morgan fingerprint density at radius 2 is 1.65 bits per heavy atom. The molecule has 0 unspecified atom stereocenters. The Balaban J connectivity index is 1.80. The topological polar surface area (TPSA) is 74.7 Å². The first-order valence-electron chi connectivity index (χ1n) is 7.66. The van der Waals surface area contributed by atoms with Gasteiger partial charge in [0.25, 0.3) is 0 Å². The van der Waals surface area contributed by atoms with Crippen molar-refractivity contribution in [3.05, 3.63) is 0 Å². The summed E-state index contributed by atoms with van der Waals surface area (Å²) in [7, 11) is -3.07. The number of carboxylic acid groups (broad SMARTS) is 1. The molecule has 0 aromatic carbocycles. The fourth-order valence-corrected chi connectivity index (χ4v) is 5.11. The van der Waals surface area contributed by atoms with Gasteiger partial charge in [0, 0.05) is 6.54 Å². The molecule has 1 saturated heterocycles. The van der Waals surface area contributed by atoms with Crippen LogP contribution in [0.25, 0.3) is 0 Å². The van der Waals surface area contributed by atoms with E-state index in [1.54, 1.807) is 0 Å². The molecule has 2 rings (SSSR count). The van der Waals surface area contributed by atoms with Crippen LogP contribution >= 0.6 is 0 Å². The molecule has 1 N–H and O–H groups in total. The fourth-order valence-electron chi connectivity index (χ4n) is 3.27. The maximum absolute atomic E-state index is 12.3. The van der Waals surface area contributed by atoms with Crippen LogP contribution in [-0.2, 0) is 14.6 Å². The van der Waals surface area contributed by atoms with Crippen molar-refractivity contribution in [1.82, 2.24) is 4.90 Å². The van der Waals surface area contributed by atoms with Crippen molar-refractivity contribution in [2.45, 2.75) is 50.2 Å². The third-order valence-corrected chi connectivity index (χ3v) is 6.91. The smallest absolute Gasteiger partial charge is 0.306 e. The zero-order valence-electron chi connectivity index (χ0n) is 12.0. The van der Waals surface area contributed by atoms with Crippen LogP contribution in [0.1, 0.15) is 44.9 Å². The summed E-state index contributed by atoms with van der Waals surface area (Å²) in [6, 6.07) is 0. The van der Waals surface area contributed by atoms with Crippen molar-refractivity contribution >= 4 is 15.8 Å². The maximum atomic E-state index is 12.3. The quantitative estimate of drug-likeness (QED) is 0.833. The lowest BCUT2D eigenvalue weighted by Gasteiger charge is -2.29. The first kappa shape index (κ1) is 15.8. The molecule has 1 heterocycles. The number of rotatable bonds is 5. The molecule has 0 radical (unpaired) electrons. The minimum Gasteiger partial charge on any atom is -0.481 e. The highest BCUT2D eigenvalue weighted by molar-refractivity contribution is 7.92. The minimum absolute atomic E-state index is 0.232. The lowest BCUT2D eigenvalue weighted by Crippen LogP contribution is -2.37. The first-order chi connectivity index (χ1) is 9.49. The first-order valence-corrected chi connectivity index (χ1v) is 9.37. The summed E-state index contributed by atoms with van der Waals surface area (Å²) in [6.45, 7) is 2.67. The van der Waals surface area contributed by atoms with Gasteiger partial charge in [0.2, 0.25) is 0 Å². The van der Waals surface area contributed by atoms with E-state index in [0.29, 0.717) is 32.2 Å². The van der Waals surface area contributed by atoms with E-state index in [4.69, 9.17) is 5.11 Å². The average Bonchev–Trinajstić information content (AvgIpc) is 2.46. The Labute approximate surface area is 121 Å². The SMILES string of the molecule is O=C(O)C1CCC(S(=O)(=O)CCN2CCCCC2)CC1.